The second-order valence-corrected chi connectivity index (χ2v) is 5.67. The number of methoxy groups -OCH3 is 2. The molecule has 2 rings (SSSR count). The summed E-state index contributed by atoms with van der Waals surface area (Å²) in [5.41, 5.74) is 1.41. The van der Waals surface area contributed by atoms with E-state index in [0.29, 0.717) is 43.2 Å². The fraction of sp³-hybridized carbons (Fsp3) is 0.529. The molecule has 0 radical (unpaired) electrons. The fourth-order valence-corrected chi connectivity index (χ4v) is 2.82. The van der Waals surface area contributed by atoms with Crippen LogP contribution in [0.4, 0.5) is 0 Å². The predicted molar refractivity (Wildman–Crippen MR) is 87.1 cm³/mol. The Morgan fingerprint density at radius 3 is 2.17 bits per heavy atom. The molecule has 1 saturated heterocycles. The maximum absolute atomic E-state index is 12.9. The topological polar surface area (TPSA) is 59.1 Å². The van der Waals surface area contributed by atoms with Crippen LogP contribution < -0.4 is 9.47 Å². The molecule has 1 aromatic rings. The van der Waals surface area contributed by atoms with Crippen LogP contribution in [0.3, 0.4) is 0 Å². The normalized spacial score (nSPS) is 15.1. The number of ether oxygens (including phenoxy) is 2. The zero-order valence-electron chi connectivity index (χ0n) is 14.2. The van der Waals surface area contributed by atoms with Crippen LogP contribution in [0.1, 0.15) is 29.3 Å². The largest absolute Gasteiger partial charge is 0.496 e. The van der Waals surface area contributed by atoms with Gasteiger partial charge in [-0.1, -0.05) is 0 Å². The molecular weight excluding hydrogens is 296 g/mol. The Hall–Kier alpha value is -2.24. The summed E-state index contributed by atoms with van der Waals surface area (Å²) in [6.07, 6.45) is 0.774. The first kappa shape index (κ1) is 17.1. The molecule has 0 unspecified atom stereocenters. The molecule has 1 aromatic carbocycles. The highest BCUT2D eigenvalue weighted by molar-refractivity contribution is 5.97. The lowest BCUT2D eigenvalue weighted by molar-refractivity contribution is -0.128. The van der Waals surface area contributed by atoms with Crippen LogP contribution in [0.5, 0.6) is 11.5 Å². The standard InChI is InChI=1S/C17H24N2O4/c1-12-10-16(23-4)14(11-15(12)22-3)17(21)19-7-5-6-18(8-9-19)13(2)20/h10-11H,5-9H2,1-4H3. The first-order chi connectivity index (χ1) is 11.0. The summed E-state index contributed by atoms with van der Waals surface area (Å²) in [7, 11) is 3.14. The number of hydrogen-bond donors (Lipinski definition) is 0. The maximum Gasteiger partial charge on any atom is 0.257 e. The smallest absolute Gasteiger partial charge is 0.257 e. The molecule has 6 nitrogen and oxygen atoms in total. The summed E-state index contributed by atoms with van der Waals surface area (Å²) < 4.78 is 10.7. The van der Waals surface area contributed by atoms with Crippen molar-refractivity contribution in [3.05, 3.63) is 23.3 Å². The minimum Gasteiger partial charge on any atom is -0.496 e. The van der Waals surface area contributed by atoms with Gasteiger partial charge in [-0.05, 0) is 31.0 Å². The molecule has 0 N–H and O–H groups in total. The molecule has 0 aliphatic carbocycles. The van der Waals surface area contributed by atoms with E-state index < -0.39 is 0 Å². The third-order valence-corrected chi connectivity index (χ3v) is 4.18. The van der Waals surface area contributed by atoms with Crippen molar-refractivity contribution in [1.29, 1.82) is 0 Å². The van der Waals surface area contributed by atoms with Crippen LogP contribution in [0, 0.1) is 6.92 Å². The molecular formula is C17H24N2O4. The Bertz CT molecular complexity index is 601. The Kier molecular flexibility index (Phi) is 5.47. The van der Waals surface area contributed by atoms with Gasteiger partial charge in [-0.3, -0.25) is 9.59 Å². The fourth-order valence-electron chi connectivity index (χ4n) is 2.82. The summed E-state index contributed by atoms with van der Waals surface area (Å²) in [6.45, 7) is 5.87. The second kappa shape index (κ2) is 7.35. The minimum absolute atomic E-state index is 0.0499. The van der Waals surface area contributed by atoms with Crippen LogP contribution in [0.2, 0.25) is 0 Å². The SMILES string of the molecule is COc1cc(C(=O)N2CCCN(C(C)=O)CC2)c(OC)cc1C. The van der Waals surface area contributed by atoms with E-state index >= 15 is 0 Å². The molecule has 1 aliphatic heterocycles. The van der Waals surface area contributed by atoms with E-state index in [0.717, 1.165) is 12.0 Å². The van der Waals surface area contributed by atoms with E-state index in [-0.39, 0.29) is 11.8 Å². The van der Waals surface area contributed by atoms with Crippen molar-refractivity contribution < 1.29 is 19.1 Å². The minimum atomic E-state index is -0.0921. The Morgan fingerprint density at radius 1 is 0.957 bits per heavy atom. The summed E-state index contributed by atoms with van der Waals surface area (Å²) in [5, 5.41) is 0. The molecule has 23 heavy (non-hydrogen) atoms. The van der Waals surface area contributed by atoms with Crippen LogP contribution >= 0.6 is 0 Å². The first-order valence-corrected chi connectivity index (χ1v) is 7.75. The number of nitrogens with zero attached hydrogens (tertiary/aromatic N) is 2. The Morgan fingerprint density at radius 2 is 1.57 bits per heavy atom. The van der Waals surface area contributed by atoms with Gasteiger partial charge in [-0.25, -0.2) is 0 Å². The van der Waals surface area contributed by atoms with E-state index in [1.165, 1.54) is 0 Å². The van der Waals surface area contributed by atoms with Crippen LogP contribution in [0.25, 0.3) is 0 Å². The van der Waals surface area contributed by atoms with Gasteiger partial charge in [-0.2, -0.15) is 0 Å². The Balaban J connectivity index is 2.24. The van der Waals surface area contributed by atoms with Gasteiger partial charge >= 0.3 is 0 Å². The third kappa shape index (κ3) is 3.75. The number of amides is 2. The number of aryl methyl sites for hydroxylation is 1. The van der Waals surface area contributed by atoms with Crippen LogP contribution in [0.15, 0.2) is 12.1 Å². The van der Waals surface area contributed by atoms with Gasteiger partial charge in [0, 0.05) is 33.1 Å². The van der Waals surface area contributed by atoms with Gasteiger partial charge in [0.25, 0.3) is 5.91 Å². The van der Waals surface area contributed by atoms with Crippen molar-refractivity contribution in [1.82, 2.24) is 9.80 Å². The number of hydrogen-bond acceptors (Lipinski definition) is 4. The molecule has 0 spiro atoms. The molecule has 1 fully saturated rings. The van der Waals surface area contributed by atoms with Crippen LogP contribution in [-0.4, -0.2) is 62.0 Å². The molecule has 1 heterocycles. The first-order valence-electron chi connectivity index (χ1n) is 7.75. The average molecular weight is 320 g/mol. The summed E-state index contributed by atoms with van der Waals surface area (Å²) in [6, 6.07) is 3.54. The zero-order chi connectivity index (χ0) is 17.0. The van der Waals surface area contributed by atoms with Crippen molar-refractivity contribution >= 4 is 11.8 Å². The second-order valence-electron chi connectivity index (χ2n) is 5.67. The van der Waals surface area contributed by atoms with Crippen molar-refractivity contribution in [2.24, 2.45) is 0 Å². The lowest BCUT2D eigenvalue weighted by Crippen LogP contribution is -2.36. The van der Waals surface area contributed by atoms with Crippen molar-refractivity contribution in [2.75, 3.05) is 40.4 Å². The van der Waals surface area contributed by atoms with Gasteiger partial charge in [0.2, 0.25) is 5.91 Å². The van der Waals surface area contributed by atoms with Crippen molar-refractivity contribution in [3.8, 4) is 11.5 Å². The quantitative estimate of drug-likeness (QED) is 0.851. The Labute approximate surface area is 137 Å². The van der Waals surface area contributed by atoms with Gasteiger partial charge in [0.05, 0.1) is 19.8 Å². The van der Waals surface area contributed by atoms with Crippen LogP contribution in [-0.2, 0) is 4.79 Å². The molecule has 0 aromatic heterocycles. The number of rotatable bonds is 3. The maximum atomic E-state index is 12.9. The highest BCUT2D eigenvalue weighted by atomic mass is 16.5. The summed E-state index contributed by atoms with van der Waals surface area (Å²) >= 11 is 0. The molecule has 0 bridgehead atoms. The molecule has 0 saturated carbocycles. The van der Waals surface area contributed by atoms with Crippen molar-refractivity contribution in [3.63, 3.8) is 0 Å². The summed E-state index contributed by atoms with van der Waals surface area (Å²) in [5.74, 6) is 1.16. The average Bonchev–Trinajstić information content (AvgIpc) is 2.80. The van der Waals surface area contributed by atoms with E-state index in [1.807, 2.05) is 13.0 Å². The van der Waals surface area contributed by atoms with Crippen molar-refractivity contribution in [2.45, 2.75) is 20.3 Å². The van der Waals surface area contributed by atoms with Gasteiger partial charge in [-0.15, -0.1) is 0 Å². The molecule has 6 heteroatoms. The predicted octanol–water partition coefficient (Wildman–Crippen LogP) is 1.71. The molecule has 2 amide bonds. The van der Waals surface area contributed by atoms with E-state index in [9.17, 15) is 9.59 Å². The van der Waals surface area contributed by atoms with Gasteiger partial charge in [0.1, 0.15) is 11.5 Å². The van der Waals surface area contributed by atoms with E-state index in [2.05, 4.69) is 0 Å². The molecule has 1 aliphatic rings. The highest BCUT2D eigenvalue weighted by Crippen LogP contribution is 2.29. The molecule has 126 valence electrons. The molecule has 0 atom stereocenters. The lowest BCUT2D eigenvalue weighted by Gasteiger charge is -2.23. The van der Waals surface area contributed by atoms with E-state index in [4.69, 9.17) is 9.47 Å². The number of carbonyl (C=O) groups excluding carboxylic acids is 2. The number of benzene rings is 1. The lowest BCUT2D eigenvalue weighted by atomic mass is 10.1. The summed E-state index contributed by atoms with van der Waals surface area (Å²) in [4.78, 5) is 27.9. The third-order valence-electron chi connectivity index (χ3n) is 4.18. The monoisotopic (exact) mass is 320 g/mol. The highest BCUT2D eigenvalue weighted by Gasteiger charge is 2.24. The van der Waals surface area contributed by atoms with Gasteiger partial charge < -0.3 is 19.3 Å². The van der Waals surface area contributed by atoms with Gasteiger partial charge in [0.15, 0.2) is 0 Å². The number of carbonyl (C=O) groups is 2. The zero-order valence-corrected chi connectivity index (χ0v) is 14.2. The van der Waals surface area contributed by atoms with E-state index in [1.54, 1.807) is 37.0 Å².